The molecule has 6 nitrogen and oxygen atoms in total. The minimum Gasteiger partial charge on any atom is -0.493 e. The van der Waals surface area contributed by atoms with Crippen LogP contribution in [0, 0.1) is 6.92 Å². The lowest BCUT2D eigenvalue weighted by Gasteiger charge is -2.12. The van der Waals surface area contributed by atoms with Crippen LogP contribution in [0.25, 0.3) is 0 Å². The molecule has 0 fully saturated rings. The Morgan fingerprint density at radius 1 is 1.37 bits per heavy atom. The van der Waals surface area contributed by atoms with Crippen molar-refractivity contribution in [1.29, 1.82) is 0 Å². The Labute approximate surface area is 113 Å². The molecule has 7 heteroatoms. The van der Waals surface area contributed by atoms with Gasteiger partial charge in [-0.05, 0) is 30.7 Å². The summed E-state index contributed by atoms with van der Waals surface area (Å²) in [7, 11) is -0.353. The molecule has 0 spiro atoms. The van der Waals surface area contributed by atoms with Crippen molar-refractivity contribution in [2.75, 3.05) is 20.7 Å². The highest BCUT2D eigenvalue weighted by Gasteiger charge is 2.10. The van der Waals surface area contributed by atoms with Crippen molar-refractivity contribution in [2.45, 2.75) is 18.2 Å². The first kappa shape index (κ1) is 15.5. The predicted molar refractivity (Wildman–Crippen MR) is 71.4 cm³/mol. The Morgan fingerprint density at radius 3 is 2.47 bits per heavy atom. The number of ether oxygens (including phenoxy) is 1. The Kier molecular flexibility index (Phi) is 4.90. The summed E-state index contributed by atoms with van der Waals surface area (Å²) in [6.07, 6.45) is 0.267. The lowest BCUT2D eigenvalue weighted by molar-refractivity contribution is -0.129. The van der Waals surface area contributed by atoms with Crippen LogP contribution in [0.3, 0.4) is 0 Å². The topological polar surface area (TPSA) is 89.7 Å². The van der Waals surface area contributed by atoms with Crippen LogP contribution in [-0.2, 0) is 14.8 Å². The zero-order valence-corrected chi connectivity index (χ0v) is 12.0. The predicted octanol–water partition coefficient (Wildman–Crippen LogP) is 0.500. The van der Waals surface area contributed by atoms with Crippen LogP contribution in [0.1, 0.15) is 12.0 Å². The number of nitrogens with zero attached hydrogens (tertiary/aromatic N) is 1. The Morgan fingerprint density at radius 2 is 2.00 bits per heavy atom. The largest absolute Gasteiger partial charge is 0.493 e. The van der Waals surface area contributed by atoms with Crippen molar-refractivity contribution in [2.24, 2.45) is 5.14 Å². The molecule has 1 amide bonds. The third kappa shape index (κ3) is 4.53. The molecule has 0 aliphatic carbocycles. The number of hydrogen-bond acceptors (Lipinski definition) is 4. The third-order valence-electron chi connectivity index (χ3n) is 2.55. The van der Waals surface area contributed by atoms with Gasteiger partial charge in [-0.2, -0.15) is 0 Å². The SMILES string of the molecule is Cc1cc(S(N)(=O)=O)ccc1OCCC(=O)N(C)C. The van der Waals surface area contributed by atoms with Gasteiger partial charge in [0.15, 0.2) is 0 Å². The summed E-state index contributed by atoms with van der Waals surface area (Å²) in [5.74, 6) is 0.512. The van der Waals surface area contributed by atoms with E-state index in [0.717, 1.165) is 0 Å². The average molecular weight is 286 g/mol. The van der Waals surface area contributed by atoms with E-state index < -0.39 is 10.0 Å². The van der Waals surface area contributed by atoms with Gasteiger partial charge in [0.2, 0.25) is 15.9 Å². The average Bonchev–Trinajstić information content (AvgIpc) is 2.29. The summed E-state index contributed by atoms with van der Waals surface area (Å²) in [6.45, 7) is 1.96. The molecule has 19 heavy (non-hydrogen) atoms. The normalized spacial score (nSPS) is 11.2. The minimum absolute atomic E-state index is 0.0289. The summed E-state index contributed by atoms with van der Waals surface area (Å²) < 4.78 is 27.8. The molecule has 1 aromatic carbocycles. The molecule has 106 valence electrons. The van der Waals surface area contributed by atoms with E-state index >= 15 is 0 Å². The minimum atomic E-state index is -3.70. The van der Waals surface area contributed by atoms with Crippen LogP contribution in [0.15, 0.2) is 23.1 Å². The Balaban J connectivity index is 2.69. The van der Waals surface area contributed by atoms with Crippen LogP contribution in [0.5, 0.6) is 5.75 Å². The van der Waals surface area contributed by atoms with E-state index in [-0.39, 0.29) is 23.8 Å². The lowest BCUT2D eigenvalue weighted by Crippen LogP contribution is -2.23. The summed E-state index contributed by atoms with van der Waals surface area (Å²) in [6, 6.07) is 4.36. The van der Waals surface area contributed by atoms with Gasteiger partial charge < -0.3 is 9.64 Å². The van der Waals surface area contributed by atoms with Crippen LogP contribution in [0.2, 0.25) is 0 Å². The van der Waals surface area contributed by atoms with Gasteiger partial charge in [0.1, 0.15) is 5.75 Å². The Hall–Kier alpha value is -1.60. The maximum absolute atomic E-state index is 11.4. The molecule has 0 unspecified atom stereocenters. The highest BCUT2D eigenvalue weighted by atomic mass is 32.2. The number of nitrogens with two attached hydrogens (primary N) is 1. The quantitative estimate of drug-likeness (QED) is 0.853. The van der Waals surface area contributed by atoms with E-state index in [4.69, 9.17) is 9.88 Å². The van der Waals surface area contributed by atoms with E-state index in [1.165, 1.54) is 23.1 Å². The maximum atomic E-state index is 11.4. The van der Waals surface area contributed by atoms with Crippen molar-refractivity contribution in [3.05, 3.63) is 23.8 Å². The number of primary sulfonamides is 1. The van der Waals surface area contributed by atoms with Gasteiger partial charge in [0.05, 0.1) is 17.9 Å². The molecule has 1 aromatic rings. The summed E-state index contributed by atoms with van der Waals surface area (Å²) >= 11 is 0. The summed E-state index contributed by atoms with van der Waals surface area (Å²) in [5.41, 5.74) is 0.656. The number of rotatable bonds is 5. The highest BCUT2D eigenvalue weighted by molar-refractivity contribution is 7.89. The highest BCUT2D eigenvalue weighted by Crippen LogP contribution is 2.21. The van der Waals surface area contributed by atoms with Crippen LogP contribution < -0.4 is 9.88 Å². The zero-order valence-electron chi connectivity index (χ0n) is 11.2. The second-order valence-electron chi connectivity index (χ2n) is 4.36. The van der Waals surface area contributed by atoms with Gasteiger partial charge in [-0.3, -0.25) is 4.79 Å². The van der Waals surface area contributed by atoms with Crippen LogP contribution >= 0.6 is 0 Å². The van der Waals surface area contributed by atoms with E-state index in [2.05, 4.69) is 0 Å². The van der Waals surface area contributed by atoms with Gasteiger partial charge in [-0.25, -0.2) is 13.6 Å². The molecule has 0 saturated heterocycles. The number of carbonyl (C=O) groups is 1. The first-order valence-corrected chi connectivity index (χ1v) is 7.23. The van der Waals surface area contributed by atoms with Crippen LogP contribution in [0.4, 0.5) is 0 Å². The van der Waals surface area contributed by atoms with E-state index in [1.807, 2.05) is 0 Å². The van der Waals surface area contributed by atoms with E-state index in [1.54, 1.807) is 21.0 Å². The molecule has 0 aromatic heterocycles. The van der Waals surface area contributed by atoms with Gasteiger partial charge in [0.25, 0.3) is 0 Å². The molecule has 2 N–H and O–H groups in total. The van der Waals surface area contributed by atoms with Crippen molar-refractivity contribution >= 4 is 15.9 Å². The molecule has 0 aliphatic heterocycles. The van der Waals surface area contributed by atoms with Crippen molar-refractivity contribution in [3.8, 4) is 5.75 Å². The van der Waals surface area contributed by atoms with Gasteiger partial charge in [-0.15, -0.1) is 0 Å². The summed E-state index contributed by atoms with van der Waals surface area (Å²) in [5, 5.41) is 5.03. The summed E-state index contributed by atoms with van der Waals surface area (Å²) in [4.78, 5) is 12.9. The number of benzene rings is 1. The smallest absolute Gasteiger partial charge is 0.238 e. The van der Waals surface area contributed by atoms with Crippen LogP contribution in [-0.4, -0.2) is 39.9 Å². The molecule has 0 aliphatic rings. The molecular weight excluding hydrogens is 268 g/mol. The molecule has 0 saturated carbocycles. The molecule has 0 radical (unpaired) electrons. The van der Waals surface area contributed by atoms with Crippen molar-refractivity contribution < 1.29 is 17.9 Å². The fourth-order valence-corrected chi connectivity index (χ4v) is 2.03. The number of carbonyl (C=O) groups excluding carboxylic acids is 1. The zero-order chi connectivity index (χ0) is 14.6. The first-order valence-electron chi connectivity index (χ1n) is 5.68. The molecule has 0 bridgehead atoms. The molecular formula is C12H18N2O4S. The monoisotopic (exact) mass is 286 g/mol. The Bertz CT molecular complexity index is 567. The van der Waals surface area contributed by atoms with E-state index in [9.17, 15) is 13.2 Å². The molecule has 0 atom stereocenters. The number of sulfonamides is 1. The third-order valence-corrected chi connectivity index (χ3v) is 3.46. The van der Waals surface area contributed by atoms with Gasteiger partial charge >= 0.3 is 0 Å². The second-order valence-corrected chi connectivity index (χ2v) is 5.92. The number of hydrogen-bond donors (Lipinski definition) is 1. The molecule has 0 heterocycles. The fraction of sp³-hybridized carbons (Fsp3) is 0.417. The first-order chi connectivity index (χ1) is 8.71. The number of amides is 1. The maximum Gasteiger partial charge on any atom is 0.238 e. The second kappa shape index (κ2) is 6.03. The standard InChI is InChI=1S/C12H18N2O4S/c1-9-8-10(19(13,16)17)4-5-11(9)18-7-6-12(15)14(2)3/h4-5,8H,6-7H2,1-3H3,(H2,13,16,17). The van der Waals surface area contributed by atoms with Gasteiger partial charge in [-0.1, -0.05) is 0 Å². The lowest BCUT2D eigenvalue weighted by atomic mass is 10.2. The van der Waals surface area contributed by atoms with E-state index in [0.29, 0.717) is 11.3 Å². The fourth-order valence-electron chi connectivity index (χ4n) is 1.43. The number of aryl methyl sites for hydroxylation is 1. The van der Waals surface area contributed by atoms with Crippen molar-refractivity contribution in [1.82, 2.24) is 4.90 Å². The van der Waals surface area contributed by atoms with Crippen molar-refractivity contribution in [3.63, 3.8) is 0 Å². The molecule has 1 rings (SSSR count). The van der Waals surface area contributed by atoms with Gasteiger partial charge in [0, 0.05) is 14.1 Å².